The number of amides is 1. The van der Waals surface area contributed by atoms with E-state index in [0.29, 0.717) is 24.2 Å². The Morgan fingerprint density at radius 2 is 1.76 bits per heavy atom. The first kappa shape index (κ1) is 21.5. The van der Waals surface area contributed by atoms with Crippen molar-refractivity contribution in [3.05, 3.63) is 65.2 Å². The Morgan fingerprint density at radius 3 is 2.45 bits per heavy atom. The van der Waals surface area contributed by atoms with Gasteiger partial charge in [0.2, 0.25) is 10.0 Å². The minimum Gasteiger partial charge on any atom is -0.350 e. The molecule has 1 N–H and O–H groups in total. The minimum absolute atomic E-state index is 0.00818. The average Bonchev–Trinajstić information content (AvgIpc) is 2.73. The molecule has 1 heterocycles. The molecular formula is C23H30N2O3S. The molecule has 156 valence electrons. The van der Waals surface area contributed by atoms with Crippen LogP contribution in [0.25, 0.3) is 0 Å². The van der Waals surface area contributed by atoms with Crippen molar-refractivity contribution in [3.63, 3.8) is 0 Å². The Balaban J connectivity index is 1.68. The first-order valence-corrected chi connectivity index (χ1v) is 11.8. The number of carbonyl (C=O) groups is 1. The zero-order valence-corrected chi connectivity index (χ0v) is 18.0. The average molecular weight is 415 g/mol. The predicted molar refractivity (Wildman–Crippen MR) is 115 cm³/mol. The topological polar surface area (TPSA) is 66.5 Å². The first-order valence-electron chi connectivity index (χ1n) is 10.3. The summed E-state index contributed by atoms with van der Waals surface area (Å²) in [6.07, 6.45) is 4.54. The Morgan fingerprint density at radius 1 is 1.07 bits per heavy atom. The van der Waals surface area contributed by atoms with Gasteiger partial charge in [-0.1, -0.05) is 42.8 Å². The summed E-state index contributed by atoms with van der Waals surface area (Å²) >= 11 is 0. The summed E-state index contributed by atoms with van der Waals surface area (Å²) in [6, 6.07) is 15.1. The van der Waals surface area contributed by atoms with Crippen LogP contribution in [0.1, 0.15) is 54.1 Å². The Hall–Kier alpha value is -2.18. The number of hydrogen-bond donors (Lipinski definition) is 1. The quantitative estimate of drug-likeness (QED) is 0.747. The van der Waals surface area contributed by atoms with Crippen LogP contribution >= 0.6 is 0 Å². The Kier molecular flexibility index (Phi) is 7.09. The van der Waals surface area contributed by atoms with Gasteiger partial charge in [-0.3, -0.25) is 4.79 Å². The monoisotopic (exact) mass is 414 g/mol. The highest BCUT2D eigenvalue weighted by molar-refractivity contribution is 7.89. The summed E-state index contributed by atoms with van der Waals surface area (Å²) < 4.78 is 27.7. The summed E-state index contributed by atoms with van der Waals surface area (Å²) in [6.45, 7) is 4.85. The Labute approximate surface area is 174 Å². The molecule has 0 spiro atoms. The van der Waals surface area contributed by atoms with Crippen LogP contribution in [0, 0.1) is 6.92 Å². The molecule has 0 saturated carbocycles. The number of carbonyl (C=O) groups excluding carboxylic acids is 1. The van der Waals surface area contributed by atoms with Crippen molar-refractivity contribution in [1.82, 2.24) is 9.62 Å². The van der Waals surface area contributed by atoms with E-state index >= 15 is 0 Å². The number of hydrogen-bond acceptors (Lipinski definition) is 3. The number of rotatable bonds is 7. The SMILES string of the molecule is Cc1ccc(C(=O)NC(C)CCc2ccccc2)cc1S(=O)(=O)N1CCCCC1. The summed E-state index contributed by atoms with van der Waals surface area (Å²) in [5.41, 5.74) is 2.29. The van der Waals surface area contributed by atoms with Gasteiger partial charge in [0, 0.05) is 24.7 Å². The Bertz CT molecular complexity index is 936. The standard InChI is InChI=1S/C23H30N2O3S/c1-18-11-14-21(17-22(18)29(27,28)25-15-7-4-8-16-25)23(26)24-19(2)12-13-20-9-5-3-6-10-20/h3,5-6,9-11,14,17,19H,4,7-8,12-13,15-16H2,1-2H3,(H,24,26). The normalized spacial score (nSPS) is 16.3. The van der Waals surface area contributed by atoms with Crippen LogP contribution in [0.3, 0.4) is 0 Å². The van der Waals surface area contributed by atoms with Gasteiger partial charge in [-0.25, -0.2) is 8.42 Å². The van der Waals surface area contributed by atoms with Crippen LogP contribution in [-0.2, 0) is 16.4 Å². The van der Waals surface area contributed by atoms with Crippen LogP contribution in [0.4, 0.5) is 0 Å². The molecule has 1 aliphatic heterocycles. The molecule has 0 aromatic heterocycles. The predicted octanol–water partition coefficient (Wildman–Crippen LogP) is 3.92. The number of aryl methyl sites for hydroxylation is 2. The molecule has 0 bridgehead atoms. The third kappa shape index (κ3) is 5.46. The zero-order chi connectivity index (χ0) is 20.9. The number of nitrogens with one attached hydrogen (secondary N) is 1. The number of sulfonamides is 1. The maximum absolute atomic E-state index is 13.1. The van der Waals surface area contributed by atoms with E-state index < -0.39 is 10.0 Å². The third-order valence-electron chi connectivity index (χ3n) is 5.47. The molecule has 1 unspecified atom stereocenters. The molecule has 5 nitrogen and oxygen atoms in total. The maximum atomic E-state index is 13.1. The minimum atomic E-state index is -3.57. The third-order valence-corrected chi connectivity index (χ3v) is 7.51. The van der Waals surface area contributed by atoms with Crippen molar-refractivity contribution in [3.8, 4) is 0 Å². The molecule has 1 fully saturated rings. The fraction of sp³-hybridized carbons (Fsp3) is 0.435. The number of nitrogens with zero attached hydrogens (tertiary/aromatic N) is 1. The number of piperidine rings is 1. The summed E-state index contributed by atoms with van der Waals surface area (Å²) in [5, 5.41) is 3.00. The highest BCUT2D eigenvalue weighted by atomic mass is 32.2. The second kappa shape index (κ2) is 9.55. The van der Waals surface area contributed by atoms with Gasteiger partial charge in [0.15, 0.2) is 0 Å². The molecule has 0 radical (unpaired) electrons. The largest absolute Gasteiger partial charge is 0.350 e. The summed E-state index contributed by atoms with van der Waals surface area (Å²) in [7, 11) is -3.57. The van der Waals surface area contributed by atoms with Gasteiger partial charge >= 0.3 is 0 Å². The smallest absolute Gasteiger partial charge is 0.251 e. The lowest BCUT2D eigenvalue weighted by atomic mass is 10.1. The van der Waals surface area contributed by atoms with Crippen LogP contribution in [0.5, 0.6) is 0 Å². The van der Waals surface area contributed by atoms with Crippen molar-refractivity contribution >= 4 is 15.9 Å². The molecule has 2 aromatic carbocycles. The molecule has 0 aliphatic carbocycles. The van der Waals surface area contributed by atoms with Gasteiger partial charge in [-0.15, -0.1) is 0 Å². The van der Waals surface area contributed by atoms with E-state index in [4.69, 9.17) is 0 Å². The van der Waals surface area contributed by atoms with Gasteiger partial charge in [-0.05, 0) is 62.8 Å². The summed E-state index contributed by atoms with van der Waals surface area (Å²) in [5.74, 6) is -0.236. The van der Waals surface area contributed by atoms with Gasteiger partial charge in [0.05, 0.1) is 4.90 Å². The van der Waals surface area contributed by atoms with Gasteiger partial charge in [-0.2, -0.15) is 4.31 Å². The van der Waals surface area contributed by atoms with Crippen molar-refractivity contribution in [2.24, 2.45) is 0 Å². The molecule has 29 heavy (non-hydrogen) atoms. The van der Waals surface area contributed by atoms with E-state index in [9.17, 15) is 13.2 Å². The number of benzene rings is 2. The van der Waals surface area contributed by atoms with Crippen LogP contribution in [0.2, 0.25) is 0 Å². The first-order chi connectivity index (χ1) is 13.9. The van der Waals surface area contributed by atoms with Crippen LogP contribution in [-0.4, -0.2) is 37.8 Å². The lowest BCUT2D eigenvalue weighted by Crippen LogP contribution is -2.36. The maximum Gasteiger partial charge on any atom is 0.251 e. The van der Waals surface area contributed by atoms with E-state index in [0.717, 1.165) is 32.1 Å². The van der Waals surface area contributed by atoms with Crippen molar-refractivity contribution in [2.75, 3.05) is 13.1 Å². The van der Waals surface area contributed by atoms with Gasteiger partial charge < -0.3 is 5.32 Å². The van der Waals surface area contributed by atoms with E-state index in [2.05, 4.69) is 17.4 Å². The van der Waals surface area contributed by atoms with Crippen molar-refractivity contribution < 1.29 is 13.2 Å². The summed E-state index contributed by atoms with van der Waals surface area (Å²) in [4.78, 5) is 13.0. The van der Waals surface area contributed by atoms with Crippen LogP contribution in [0.15, 0.2) is 53.4 Å². The molecule has 3 rings (SSSR count). The fourth-order valence-corrected chi connectivity index (χ4v) is 5.44. The second-order valence-corrected chi connectivity index (χ2v) is 9.75. The van der Waals surface area contributed by atoms with E-state index in [1.54, 1.807) is 23.4 Å². The second-order valence-electron chi connectivity index (χ2n) is 7.84. The molecular weight excluding hydrogens is 384 g/mol. The van der Waals surface area contributed by atoms with E-state index in [1.807, 2.05) is 25.1 Å². The molecule has 2 aromatic rings. The fourth-order valence-electron chi connectivity index (χ4n) is 3.67. The van der Waals surface area contributed by atoms with E-state index in [-0.39, 0.29) is 16.8 Å². The molecule has 1 saturated heterocycles. The highest BCUT2D eigenvalue weighted by Crippen LogP contribution is 2.24. The zero-order valence-electron chi connectivity index (χ0n) is 17.2. The molecule has 6 heteroatoms. The van der Waals surface area contributed by atoms with Gasteiger partial charge in [0.25, 0.3) is 5.91 Å². The lowest BCUT2D eigenvalue weighted by molar-refractivity contribution is 0.0938. The lowest BCUT2D eigenvalue weighted by Gasteiger charge is -2.26. The molecule has 1 atom stereocenters. The highest BCUT2D eigenvalue weighted by Gasteiger charge is 2.28. The van der Waals surface area contributed by atoms with Crippen molar-refractivity contribution in [1.29, 1.82) is 0 Å². The molecule has 1 amide bonds. The van der Waals surface area contributed by atoms with Crippen molar-refractivity contribution in [2.45, 2.75) is 56.9 Å². The van der Waals surface area contributed by atoms with E-state index in [1.165, 1.54) is 11.6 Å². The van der Waals surface area contributed by atoms with Gasteiger partial charge in [0.1, 0.15) is 0 Å². The molecule has 1 aliphatic rings. The van der Waals surface area contributed by atoms with Crippen LogP contribution < -0.4 is 5.32 Å².